The van der Waals surface area contributed by atoms with Gasteiger partial charge in [0, 0.05) is 51.4 Å². The molecule has 0 spiro atoms. The molecule has 0 fully saturated rings. The number of hydrogen-bond acceptors (Lipinski definition) is 2. The van der Waals surface area contributed by atoms with Crippen LogP contribution in [-0.2, 0) is 9.53 Å². The van der Waals surface area contributed by atoms with E-state index in [9.17, 15) is 53.1 Å². The van der Waals surface area contributed by atoms with Gasteiger partial charge in [-0.05, 0) is 0 Å². The van der Waals surface area contributed by atoms with E-state index in [1.807, 2.05) is 0 Å². The van der Waals surface area contributed by atoms with E-state index in [-0.39, 0.29) is 51.4 Å². The third-order valence-corrected chi connectivity index (χ3v) is 1.61. The minimum atomic E-state index is -7.27. The van der Waals surface area contributed by atoms with Crippen LogP contribution in [0.1, 0.15) is 0 Å². The van der Waals surface area contributed by atoms with Crippen molar-refractivity contribution in [2.75, 3.05) is 0 Å². The van der Waals surface area contributed by atoms with E-state index in [0.717, 1.165) is 0 Å². The number of carboxylic acid groups (broad SMARTS) is 1. The Morgan fingerprint density at radius 2 is 1.10 bits per heavy atom. The fourth-order valence-electron chi connectivity index (χ4n) is 0.579. The van der Waals surface area contributed by atoms with E-state index in [1.54, 1.807) is 0 Å². The third kappa shape index (κ3) is 4.40. The monoisotopic (exact) mass is 369 g/mol. The van der Waals surface area contributed by atoms with Gasteiger partial charge in [0.25, 0.3) is 0 Å². The maximum absolute atomic E-state index is 12.3. The molecule has 21 heavy (non-hydrogen) atoms. The second-order valence-corrected chi connectivity index (χ2v) is 3.09. The summed E-state index contributed by atoms with van der Waals surface area (Å²) in [5, 5.41) is 7.57. The first-order valence-electron chi connectivity index (χ1n) is 3.91. The summed E-state index contributed by atoms with van der Waals surface area (Å²) >= 11 is 0. The van der Waals surface area contributed by atoms with Crippen molar-refractivity contribution in [3.05, 3.63) is 0 Å². The molecule has 0 atom stereocenters. The Hall–Kier alpha value is 0.296. The molecule has 3 nitrogen and oxygen atoms in total. The summed E-state index contributed by atoms with van der Waals surface area (Å²) in [4.78, 5) is 9.64. The van der Waals surface area contributed by atoms with E-state index in [4.69, 9.17) is 5.11 Å². The number of ether oxygens (including phenoxy) is 1. The van der Waals surface area contributed by atoms with Gasteiger partial charge in [-0.2, -0.15) is 48.3 Å². The molecule has 1 N–H and O–H groups in total. The maximum atomic E-state index is 12.3. The van der Waals surface area contributed by atoms with Crippen LogP contribution in [0.3, 0.4) is 0 Å². The molecular formula is C6HF11KO3. The summed E-state index contributed by atoms with van der Waals surface area (Å²) in [7, 11) is 0. The first-order valence-corrected chi connectivity index (χ1v) is 3.91. The largest absolute Gasteiger partial charge is 0.477 e. The first kappa shape index (κ1) is 23.6. The summed E-state index contributed by atoms with van der Waals surface area (Å²) in [6.45, 7) is 0. The number of alkyl halides is 11. The quantitative estimate of drug-likeness (QED) is 0.599. The average Bonchev–Trinajstić information content (AvgIpc) is 2.12. The standard InChI is InChI=1S/C6HF11O3.K/c7-2(8,1(18)19)5(14,15)20-6(16,17)3(9,10)4(11,12)13;/h(H,18,19);. The van der Waals surface area contributed by atoms with Gasteiger partial charge in [0.05, 0.1) is 0 Å². The molecule has 0 bridgehead atoms. The van der Waals surface area contributed by atoms with Crippen LogP contribution in [0.5, 0.6) is 0 Å². The second kappa shape index (κ2) is 6.42. The van der Waals surface area contributed by atoms with Crippen molar-refractivity contribution in [1.82, 2.24) is 0 Å². The zero-order valence-corrected chi connectivity index (χ0v) is 12.5. The van der Waals surface area contributed by atoms with Gasteiger partial charge in [-0.15, -0.1) is 0 Å². The predicted molar refractivity (Wildman–Crippen MR) is 40.3 cm³/mol. The van der Waals surface area contributed by atoms with Crippen molar-refractivity contribution in [2.24, 2.45) is 0 Å². The van der Waals surface area contributed by atoms with Crippen LogP contribution < -0.4 is 0 Å². The van der Waals surface area contributed by atoms with Crippen LogP contribution in [0.4, 0.5) is 48.3 Å². The number of halogens is 11. The summed E-state index contributed by atoms with van der Waals surface area (Å²) < 4.78 is 134. The maximum Gasteiger partial charge on any atom is 0.462 e. The molecule has 0 saturated heterocycles. The third-order valence-electron chi connectivity index (χ3n) is 1.61. The van der Waals surface area contributed by atoms with E-state index >= 15 is 0 Å². The molecule has 0 amide bonds. The van der Waals surface area contributed by atoms with Gasteiger partial charge in [0.2, 0.25) is 0 Å². The molecule has 0 aromatic heterocycles. The van der Waals surface area contributed by atoms with Crippen LogP contribution in [0.15, 0.2) is 0 Å². The summed E-state index contributed by atoms with van der Waals surface area (Å²) in [5.41, 5.74) is 0. The number of rotatable bonds is 5. The molecule has 0 aromatic rings. The van der Waals surface area contributed by atoms with Gasteiger partial charge < -0.3 is 5.11 Å². The molecule has 0 aliphatic carbocycles. The van der Waals surface area contributed by atoms with Gasteiger partial charge in [0.15, 0.2) is 0 Å². The minimum absolute atomic E-state index is 0. The topological polar surface area (TPSA) is 46.5 Å². The van der Waals surface area contributed by atoms with E-state index in [0.29, 0.717) is 0 Å². The summed E-state index contributed by atoms with van der Waals surface area (Å²) in [5.74, 6) is -17.5. The van der Waals surface area contributed by atoms with Crippen molar-refractivity contribution < 1.29 is 62.9 Å². The van der Waals surface area contributed by atoms with Crippen molar-refractivity contribution in [2.45, 2.75) is 30.2 Å². The Morgan fingerprint density at radius 1 is 0.762 bits per heavy atom. The number of carboxylic acids is 1. The molecule has 121 valence electrons. The molecule has 0 saturated carbocycles. The summed E-state index contributed by atoms with van der Waals surface area (Å²) in [6, 6.07) is 0. The van der Waals surface area contributed by atoms with Crippen molar-refractivity contribution in [3.63, 3.8) is 0 Å². The van der Waals surface area contributed by atoms with E-state index in [2.05, 4.69) is 0 Å². The zero-order valence-electron chi connectivity index (χ0n) is 9.42. The van der Waals surface area contributed by atoms with E-state index in [1.165, 1.54) is 4.74 Å². The molecule has 0 unspecified atom stereocenters. The predicted octanol–water partition coefficient (Wildman–Crippen LogP) is 2.73. The molecule has 0 heterocycles. The Morgan fingerprint density at radius 3 is 1.33 bits per heavy atom. The molecule has 1 radical (unpaired) electrons. The van der Waals surface area contributed by atoms with Crippen molar-refractivity contribution in [1.29, 1.82) is 0 Å². The van der Waals surface area contributed by atoms with E-state index < -0.39 is 36.2 Å². The number of hydrogen-bond donors (Lipinski definition) is 1. The van der Waals surface area contributed by atoms with Crippen LogP contribution in [0, 0.1) is 0 Å². The Kier molecular flexibility index (Phi) is 7.21. The SMILES string of the molecule is O=C(O)C(F)(F)C(F)(F)OC(F)(F)C(F)(F)C(F)(F)F.[K]. The van der Waals surface area contributed by atoms with Crippen molar-refractivity contribution >= 4 is 57.4 Å². The summed E-state index contributed by atoms with van der Waals surface area (Å²) in [6.07, 6.45) is -21.1. The second-order valence-electron chi connectivity index (χ2n) is 3.09. The smallest absolute Gasteiger partial charge is 0.462 e. The van der Waals surface area contributed by atoms with Crippen LogP contribution >= 0.6 is 0 Å². The fourth-order valence-corrected chi connectivity index (χ4v) is 0.579. The minimum Gasteiger partial charge on any atom is -0.477 e. The van der Waals surface area contributed by atoms with Crippen LogP contribution in [0.25, 0.3) is 0 Å². The van der Waals surface area contributed by atoms with Crippen LogP contribution in [0.2, 0.25) is 0 Å². The zero-order chi connectivity index (χ0) is 16.8. The molecule has 0 rings (SSSR count). The van der Waals surface area contributed by atoms with Gasteiger partial charge in [-0.25, -0.2) is 9.53 Å². The Labute approximate surface area is 149 Å². The average molecular weight is 369 g/mol. The molecule has 0 aliphatic heterocycles. The van der Waals surface area contributed by atoms with Gasteiger partial charge in [-0.1, -0.05) is 0 Å². The fraction of sp³-hybridized carbons (Fsp3) is 0.833. The van der Waals surface area contributed by atoms with Crippen LogP contribution in [-0.4, -0.2) is 92.7 Å². The Balaban J connectivity index is 0. The van der Waals surface area contributed by atoms with Crippen molar-refractivity contribution in [3.8, 4) is 0 Å². The molecular weight excluding hydrogens is 368 g/mol. The normalized spacial score (nSPS) is 14.6. The molecule has 0 aromatic carbocycles. The first-order chi connectivity index (χ1) is 8.40. The molecule has 15 heteroatoms. The van der Waals surface area contributed by atoms with Gasteiger partial charge in [0.1, 0.15) is 0 Å². The Bertz CT molecular complexity index is 390. The van der Waals surface area contributed by atoms with Gasteiger partial charge in [-0.3, -0.25) is 0 Å². The number of aliphatic carboxylic acids is 1. The molecule has 0 aliphatic rings. The number of carbonyl (C=O) groups is 1. The van der Waals surface area contributed by atoms with Gasteiger partial charge >= 0.3 is 36.2 Å².